The lowest BCUT2D eigenvalue weighted by molar-refractivity contribution is -0.125. The lowest BCUT2D eigenvalue weighted by atomic mass is 10.1. The zero-order chi connectivity index (χ0) is 19.0. The predicted molar refractivity (Wildman–Crippen MR) is 100.0 cm³/mol. The highest BCUT2D eigenvalue weighted by Gasteiger charge is 2.33. The molecule has 1 atom stereocenters. The van der Waals surface area contributed by atoms with Crippen LogP contribution in [0.25, 0.3) is 11.1 Å². The number of nitrogens with zero attached hydrogens (tertiary/aromatic N) is 2. The molecule has 1 aromatic heterocycles. The molecule has 0 fully saturated rings. The number of benzene rings is 2. The molecule has 136 valence electrons. The van der Waals surface area contributed by atoms with Gasteiger partial charge in [0.1, 0.15) is 17.7 Å². The standard InChI is InChI=1S/C19H14ClFN4O2/c20-12-3-1-11(2-4-12)15-10-22-25-16(9-17(26)24-18(15)25)19(27)23-14-7-5-13(21)6-8-14/h1-8,10,16H,9H2,(H,23,27)(H,24,26)/t16-/m0/s1. The van der Waals surface area contributed by atoms with Crippen molar-refractivity contribution in [3.8, 4) is 11.1 Å². The molecule has 3 aromatic rings. The molecule has 2 amide bonds. The largest absolute Gasteiger partial charge is 0.324 e. The van der Waals surface area contributed by atoms with Crippen LogP contribution in [0.4, 0.5) is 15.9 Å². The maximum atomic E-state index is 13.0. The van der Waals surface area contributed by atoms with E-state index in [2.05, 4.69) is 15.7 Å². The van der Waals surface area contributed by atoms with Crippen molar-refractivity contribution in [3.05, 3.63) is 65.6 Å². The number of halogens is 2. The fourth-order valence-electron chi connectivity index (χ4n) is 2.97. The highest BCUT2D eigenvalue weighted by atomic mass is 35.5. The molecular weight excluding hydrogens is 371 g/mol. The number of carbonyl (C=O) groups is 2. The maximum absolute atomic E-state index is 13.0. The Morgan fingerprint density at radius 3 is 2.59 bits per heavy atom. The maximum Gasteiger partial charge on any atom is 0.249 e. The molecule has 4 rings (SSSR count). The van der Waals surface area contributed by atoms with E-state index in [0.717, 1.165) is 5.56 Å². The van der Waals surface area contributed by atoms with Gasteiger partial charge in [0.2, 0.25) is 11.8 Å². The Balaban J connectivity index is 1.65. The van der Waals surface area contributed by atoms with Crippen molar-refractivity contribution >= 4 is 34.9 Å². The molecule has 1 aliphatic rings. The quantitative estimate of drug-likeness (QED) is 0.719. The molecule has 2 heterocycles. The number of carbonyl (C=O) groups excluding carboxylic acids is 2. The predicted octanol–water partition coefficient (Wildman–Crippen LogP) is 3.86. The summed E-state index contributed by atoms with van der Waals surface area (Å²) in [4.78, 5) is 24.9. The number of hydrogen-bond acceptors (Lipinski definition) is 3. The third kappa shape index (κ3) is 3.41. The summed E-state index contributed by atoms with van der Waals surface area (Å²) >= 11 is 5.92. The van der Waals surface area contributed by atoms with Gasteiger partial charge in [-0.05, 0) is 42.0 Å². The van der Waals surface area contributed by atoms with Crippen LogP contribution in [0.15, 0.2) is 54.7 Å². The van der Waals surface area contributed by atoms with E-state index in [1.165, 1.54) is 28.9 Å². The first-order valence-electron chi connectivity index (χ1n) is 8.21. The zero-order valence-corrected chi connectivity index (χ0v) is 14.7. The van der Waals surface area contributed by atoms with E-state index >= 15 is 0 Å². The van der Waals surface area contributed by atoms with Gasteiger partial charge in [0.15, 0.2) is 0 Å². The number of nitrogens with one attached hydrogen (secondary N) is 2. The van der Waals surface area contributed by atoms with Gasteiger partial charge in [0.25, 0.3) is 0 Å². The van der Waals surface area contributed by atoms with E-state index in [4.69, 9.17) is 11.6 Å². The lowest BCUT2D eigenvalue weighted by Crippen LogP contribution is -2.35. The first-order chi connectivity index (χ1) is 13.0. The molecule has 27 heavy (non-hydrogen) atoms. The Kier molecular flexibility index (Phi) is 4.37. The normalized spacial score (nSPS) is 15.8. The molecule has 0 spiro atoms. The Morgan fingerprint density at radius 1 is 1.19 bits per heavy atom. The van der Waals surface area contributed by atoms with Gasteiger partial charge in [-0.1, -0.05) is 23.7 Å². The number of aromatic nitrogens is 2. The third-order valence-corrected chi connectivity index (χ3v) is 4.55. The summed E-state index contributed by atoms with van der Waals surface area (Å²) in [6, 6.07) is 11.7. The molecule has 2 aromatic carbocycles. The van der Waals surface area contributed by atoms with Crippen LogP contribution in [0.5, 0.6) is 0 Å². The number of rotatable bonds is 3. The van der Waals surface area contributed by atoms with Gasteiger partial charge in [0.05, 0.1) is 12.6 Å². The molecule has 0 aliphatic carbocycles. The Bertz CT molecular complexity index is 1020. The van der Waals surface area contributed by atoms with Gasteiger partial charge in [-0.25, -0.2) is 9.07 Å². The van der Waals surface area contributed by atoms with Gasteiger partial charge in [-0.2, -0.15) is 5.10 Å². The van der Waals surface area contributed by atoms with Crippen LogP contribution >= 0.6 is 11.6 Å². The fraction of sp³-hybridized carbons (Fsp3) is 0.105. The number of fused-ring (bicyclic) bond motifs is 1. The summed E-state index contributed by atoms with van der Waals surface area (Å²) in [6.07, 6.45) is 1.56. The highest BCUT2D eigenvalue weighted by molar-refractivity contribution is 6.30. The average Bonchev–Trinajstić information content (AvgIpc) is 3.07. The minimum Gasteiger partial charge on any atom is -0.324 e. The molecule has 8 heteroatoms. The Hall–Kier alpha value is -3.19. The van der Waals surface area contributed by atoms with Gasteiger partial charge in [-0.3, -0.25) is 9.59 Å². The molecule has 0 bridgehead atoms. The highest BCUT2D eigenvalue weighted by Crippen LogP contribution is 2.34. The van der Waals surface area contributed by atoms with E-state index < -0.39 is 17.8 Å². The van der Waals surface area contributed by atoms with Crippen molar-refractivity contribution in [2.75, 3.05) is 10.6 Å². The topological polar surface area (TPSA) is 76.0 Å². The minimum atomic E-state index is -0.806. The second-order valence-corrected chi connectivity index (χ2v) is 6.56. The zero-order valence-electron chi connectivity index (χ0n) is 13.9. The SMILES string of the molecule is O=C1C[C@@H](C(=O)Nc2ccc(F)cc2)n2ncc(-c3ccc(Cl)cc3)c2N1. The van der Waals surface area contributed by atoms with E-state index in [1.807, 2.05) is 12.1 Å². The van der Waals surface area contributed by atoms with E-state index in [-0.39, 0.29) is 12.3 Å². The van der Waals surface area contributed by atoms with Crippen LogP contribution in [0.1, 0.15) is 12.5 Å². The Morgan fingerprint density at radius 2 is 1.89 bits per heavy atom. The van der Waals surface area contributed by atoms with E-state index in [1.54, 1.807) is 18.3 Å². The second-order valence-electron chi connectivity index (χ2n) is 6.12. The molecule has 0 saturated carbocycles. The van der Waals surface area contributed by atoms with Gasteiger partial charge >= 0.3 is 0 Å². The van der Waals surface area contributed by atoms with E-state index in [0.29, 0.717) is 22.1 Å². The molecule has 6 nitrogen and oxygen atoms in total. The molecule has 0 radical (unpaired) electrons. The van der Waals surface area contributed by atoms with Crippen LogP contribution in [-0.4, -0.2) is 21.6 Å². The fourth-order valence-corrected chi connectivity index (χ4v) is 3.10. The van der Waals surface area contributed by atoms with Crippen molar-refractivity contribution in [3.63, 3.8) is 0 Å². The first-order valence-corrected chi connectivity index (χ1v) is 8.59. The molecule has 1 aliphatic heterocycles. The van der Waals surface area contributed by atoms with Crippen LogP contribution in [0.2, 0.25) is 5.02 Å². The molecule has 0 unspecified atom stereocenters. The first kappa shape index (κ1) is 17.2. The van der Waals surface area contributed by atoms with Crippen molar-refractivity contribution in [1.82, 2.24) is 9.78 Å². The number of hydrogen-bond donors (Lipinski definition) is 2. The number of anilines is 2. The van der Waals surface area contributed by atoms with Crippen LogP contribution in [0, 0.1) is 5.82 Å². The van der Waals surface area contributed by atoms with Gasteiger partial charge < -0.3 is 10.6 Å². The summed E-state index contributed by atoms with van der Waals surface area (Å²) in [6.45, 7) is 0. The van der Waals surface area contributed by atoms with Crippen LogP contribution in [-0.2, 0) is 9.59 Å². The van der Waals surface area contributed by atoms with Crippen molar-refractivity contribution in [2.24, 2.45) is 0 Å². The van der Waals surface area contributed by atoms with Crippen molar-refractivity contribution < 1.29 is 14.0 Å². The summed E-state index contributed by atoms with van der Waals surface area (Å²) in [7, 11) is 0. The van der Waals surface area contributed by atoms with Gasteiger partial charge in [0, 0.05) is 16.3 Å². The summed E-state index contributed by atoms with van der Waals surface area (Å²) in [5.74, 6) is -0.624. The summed E-state index contributed by atoms with van der Waals surface area (Å²) in [5.41, 5.74) is 1.96. The molecule has 2 N–H and O–H groups in total. The summed E-state index contributed by atoms with van der Waals surface area (Å²) in [5, 5.41) is 10.4. The van der Waals surface area contributed by atoms with E-state index in [9.17, 15) is 14.0 Å². The number of amides is 2. The lowest BCUT2D eigenvalue weighted by Gasteiger charge is -2.24. The van der Waals surface area contributed by atoms with Gasteiger partial charge in [-0.15, -0.1) is 0 Å². The van der Waals surface area contributed by atoms with Crippen molar-refractivity contribution in [2.45, 2.75) is 12.5 Å². The van der Waals surface area contributed by atoms with Crippen LogP contribution in [0.3, 0.4) is 0 Å². The Labute approximate surface area is 158 Å². The van der Waals surface area contributed by atoms with Crippen LogP contribution < -0.4 is 10.6 Å². The molecular formula is C19H14ClFN4O2. The smallest absolute Gasteiger partial charge is 0.249 e. The second kappa shape index (κ2) is 6.85. The van der Waals surface area contributed by atoms with Crippen molar-refractivity contribution in [1.29, 1.82) is 0 Å². The average molecular weight is 385 g/mol. The minimum absolute atomic E-state index is 0.0399. The summed E-state index contributed by atoms with van der Waals surface area (Å²) < 4.78 is 14.5. The molecule has 0 saturated heterocycles. The third-order valence-electron chi connectivity index (χ3n) is 4.30. The monoisotopic (exact) mass is 384 g/mol.